The molecule has 0 spiro atoms. The molecule has 0 saturated carbocycles. The lowest BCUT2D eigenvalue weighted by Gasteiger charge is -2.06. The van der Waals surface area contributed by atoms with E-state index in [9.17, 15) is 23.3 Å². The summed E-state index contributed by atoms with van der Waals surface area (Å²) in [5.41, 5.74) is -1.99. The van der Waals surface area contributed by atoms with E-state index in [-0.39, 0.29) is 5.56 Å². The molecular weight excluding hydrogens is 199 g/mol. The Hall–Kier alpha value is -1.77. The summed E-state index contributed by atoms with van der Waals surface area (Å²) in [4.78, 5) is 9.24. The third-order valence-electron chi connectivity index (χ3n) is 1.57. The first-order valence-corrected chi connectivity index (χ1v) is 3.48. The van der Waals surface area contributed by atoms with Gasteiger partial charge in [0.1, 0.15) is 0 Å². The predicted molar refractivity (Wildman–Crippen MR) is 40.5 cm³/mol. The quantitative estimate of drug-likeness (QED) is 0.519. The van der Waals surface area contributed by atoms with E-state index in [0.717, 1.165) is 0 Å². The second-order valence-corrected chi connectivity index (χ2v) is 2.57. The van der Waals surface area contributed by atoms with Gasteiger partial charge in [-0.15, -0.1) is 0 Å². The highest BCUT2D eigenvalue weighted by Gasteiger charge is 2.33. The Labute approximate surface area is 77.3 Å². The largest absolute Gasteiger partial charge is 0.417 e. The molecule has 3 nitrogen and oxygen atoms in total. The molecule has 0 bridgehead atoms. The zero-order valence-corrected chi connectivity index (χ0v) is 6.97. The predicted octanol–water partition coefficient (Wildman–Crippen LogP) is 2.52. The van der Waals surface area contributed by atoms with Crippen LogP contribution in [0.5, 0.6) is 0 Å². The van der Waals surface area contributed by atoms with Gasteiger partial charge in [-0.3, -0.25) is 10.1 Å². The summed E-state index contributed by atoms with van der Waals surface area (Å²) >= 11 is 0. The maximum atomic E-state index is 12.2. The van der Waals surface area contributed by atoms with Crippen LogP contribution in [0, 0.1) is 29.2 Å². The third kappa shape index (κ3) is 1.93. The molecule has 1 aromatic carbocycles. The van der Waals surface area contributed by atoms with Crippen LogP contribution < -0.4 is 0 Å². The van der Waals surface area contributed by atoms with E-state index in [4.69, 9.17) is 0 Å². The molecule has 0 unspecified atom stereocenters. The SMILES string of the molecule is Cc1c#cc([N+](=O)[O-])cc1C(F)(F)F. The molecule has 0 N–H and O–H groups in total. The Bertz CT molecular complexity index is 373. The van der Waals surface area contributed by atoms with E-state index in [1.165, 1.54) is 6.92 Å². The van der Waals surface area contributed by atoms with Crippen LogP contribution in [0.25, 0.3) is 0 Å². The Morgan fingerprint density at radius 3 is 2.43 bits per heavy atom. The van der Waals surface area contributed by atoms with Crippen molar-refractivity contribution >= 4 is 5.69 Å². The first kappa shape index (κ1) is 10.3. The summed E-state index contributed by atoms with van der Waals surface area (Å²) in [6, 6.07) is 4.54. The second-order valence-electron chi connectivity index (χ2n) is 2.57. The van der Waals surface area contributed by atoms with Crippen molar-refractivity contribution in [3.8, 4) is 0 Å². The van der Waals surface area contributed by atoms with Crippen LogP contribution in [-0.2, 0) is 6.18 Å². The number of hydrogen-bond acceptors (Lipinski definition) is 2. The molecule has 74 valence electrons. The van der Waals surface area contributed by atoms with E-state index in [1.807, 2.05) is 6.07 Å². The summed E-state index contributed by atoms with van der Waals surface area (Å²) in [5, 5.41) is 10.2. The molecular formula is C8H4F3NO2. The molecule has 0 atom stereocenters. The number of nitro groups is 1. The number of hydrogen-bond donors (Lipinski definition) is 0. The van der Waals surface area contributed by atoms with Gasteiger partial charge < -0.3 is 0 Å². The fraction of sp³-hybridized carbons (Fsp3) is 0.250. The van der Waals surface area contributed by atoms with E-state index < -0.39 is 22.4 Å². The van der Waals surface area contributed by atoms with Gasteiger partial charge in [0, 0.05) is 17.7 Å². The van der Waals surface area contributed by atoms with Crippen molar-refractivity contribution in [2.45, 2.75) is 13.1 Å². The van der Waals surface area contributed by atoms with Crippen molar-refractivity contribution in [3.63, 3.8) is 0 Å². The van der Waals surface area contributed by atoms with Crippen LogP contribution in [0.1, 0.15) is 11.1 Å². The van der Waals surface area contributed by atoms with E-state index in [0.29, 0.717) is 6.07 Å². The lowest BCUT2D eigenvalue weighted by Crippen LogP contribution is -2.07. The van der Waals surface area contributed by atoms with E-state index in [2.05, 4.69) is 6.07 Å². The molecule has 1 rings (SSSR count). The highest BCUT2D eigenvalue weighted by atomic mass is 19.4. The Kier molecular flexibility index (Phi) is 2.34. The third-order valence-corrected chi connectivity index (χ3v) is 1.57. The van der Waals surface area contributed by atoms with Gasteiger partial charge in [0.2, 0.25) is 0 Å². The molecule has 0 fully saturated rings. The second kappa shape index (κ2) is 3.18. The maximum Gasteiger partial charge on any atom is 0.417 e. The summed E-state index contributed by atoms with van der Waals surface area (Å²) < 4.78 is 36.7. The van der Waals surface area contributed by atoms with E-state index >= 15 is 0 Å². The molecule has 0 aliphatic heterocycles. The van der Waals surface area contributed by atoms with Gasteiger partial charge in [-0.05, 0) is 6.92 Å². The van der Waals surface area contributed by atoms with Crippen LogP contribution in [0.15, 0.2) is 6.07 Å². The smallest absolute Gasteiger partial charge is 0.258 e. The molecule has 1 aromatic rings. The van der Waals surface area contributed by atoms with Crippen molar-refractivity contribution in [1.82, 2.24) is 0 Å². The molecule has 0 radical (unpaired) electrons. The number of halogens is 3. The summed E-state index contributed by atoms with van der Waals surface area (Å²) in [6.07, 6.45) is -4.60. The fourth-order valence-corrected chi connectivity index (χ4v) is 0.899. The van der Waals surface area contributed by atoms with Gasteiger partial charge in [-0.1, -0.05) is 6.07 Å². The molecule has 0 aliphatic rings. The molecule has 0 heterocycles. The van der Waals surface area contributed by atoms with Crippen molar-refractivity contribution in [3.05, 3.63) is 39.4 Å². The van der Waals surface area contributed by atoms with Gasteiger partial charge in [0.15, 0.2) is 0 Å². The Morgan fingerprint density at radius 2 is 2.00 bits per heavy atom. The zero-order chi connectivity index (χ0) is 10.9. The van der Waals surface area contributed by atoms with Crippen LogP contribution >= 0.6 is 0 Å². The van der Waals surface area contributed by atoms with Gasteiger partial charge >= 0.3 is 11.9 Å². The topological polar surface area (TPSA) is 43.1 Å². The van der Waals surface area contributed by atoms with Gasteiger partial charge in [0.25, 0.3) is 0 Å². The van der Waals surface area contributed by atoms with Gasteiger partial charge in [0.05, 0.1) is 10.5 Å². The van der Waals surface area contributed by atoms with E-state index in [1.54, 1.807) is 0 Å². The van der Waals surface area contributed by atoms with Crippen molar-refractivity contribution < 1.29 is 18.1 Å². The first-order chi connectivity index (χ1) is 6.32. The minimum atomic E-state index is -4.60. The molecule has 0 saturated heterocycles. The van der Waals surface area contributed by atoms with Crippen LogP contribution in [0.3, 0.4) is 0 Å². The molecule has 14 heavy (non-hydrogen) atoms. The lowest BCUT2D eigenvalue weighted by atomic mass is 10.1. The monoisotopic (exact) mass is 203 g/mol. The molecule has 0 aromatic heterocycles. The standard InChI is InChI=1S/C8H4F3NO2/c1-5-2-3-6(12(13)14)4-7(5)8(9,10)11/h4H,1H3. The minimum Gasteiger partial charge on any atom is -0.258 e. The van der Waals surface area contributed by atoms with Crippen LogP contribution in [0.4, 0.5) is 18.9 Å². The van der Waals surface area contributed by atoms with Crippen LogP contribution in [0.2, 0.25) is 0 Å². The molecule has 6 heteroatoms. The van der Waals surface area contributed by atoms with Gasteiger partial charge in [-0.25, -0.2) is 0 Å². The normalized spacial score (nSPS) is 10.9. The van der Waals surface area contributed by atoms with Crippen LogP contribution in [-0.4, -0.2) is 4.92 Å². The lowest BCUT2D eigenvalue weighted by molar-refractivity contribution is -0.385. The molecule has 0 amide bonds. The Morgan fingerprint density at radius 1 is 1.43 bits per heavy atom. The number of nitrogens with zero attached hydrogens (tertiary/aromatic N) is 1. The number of rotatable bonds is 1. The Balaban J connectivity index is 3.29. The fourth-order valence-electron chi connectivity index (χ4n) is 0.899. The van der Waals surface area contributed by atoms with Crippen molar-refractivity contribution in [2.24, 2.45) is 0 Å². The first-order valence-electron chi connectivity index (χ1n) is 3.48. The van der Waals surface area contributed by atoms with Gasteiger partial charge in [-0.2, -0.15) is 13.2 Å². The minimum absolute atomic E-state index is 0.205. The highest BCUT2D eigenvalue weighted by molar-refractivity contribution is 5.35. The average molecular weight is 203 g/mol. The highest BCUT2D eigenvalue weighted by Crippen LogP contribution is 2.32. The zero-order valence-electron chi connectivity index (χ0n) is 6.97. The molecule has 0 aliphatic carbocycles. The number of alkyl halides is 3. The van der Waals surface area contributed by atoms with Crippen molar-refractivity contribution in [2.75, 3.05) is 0 Å². The average Bonchev–Trinajstić information content (AvgIpc) is 2.02. The summed E-state index contributed by atoms with van der Waals surface area (Å²) in [6.45, 7) is 1.17. The summed E-state index contributed by atoms with van der Waals surface area (Å²) in [5.74, 6) is 0. The maximum absolute atomic E-state index is 12.2. The summed E-state index contributed by atoms with van der Waals surface area (Å²) in [7, 11) is 0. The van der Waals surface area contributed by atoms with Crippen molar-refractivity contribution in [1.29, 1.82) is 0 Å².